The van der Waals surface area contributed by atoms with Crippen molar-refractivity contribution in [2.75, 3.05) is 6.61 Å². The van der Waals surface area contributed by atoms with Crippen molar-refractivity contribution in [3.8, 4) is 0 Å². The predicted octanol–water partition coefficient (Wildman–Crippen LogP) is 3.29. The molecule has 0 saturated carbocycles. The molecule has 0 fully saturated rings. The Morgan fingerprint density at radius 1 is 0.923 bits per heavy atom. The number of aryl methyl sites for hydroxylation is 3. The van der Waals surface area contributed by atoms with E-state index in [2.05, 4.69) is 5.32 Å². The monoisotopic (exact) mass is 353 g/mol. The first kappa shape index (κ1) is 19.4. The molecule has 0 bridgehead atoms. The van der Waals surface area contributed by atoms with Gasteiger partial charge in [-0.15, -0.1) is 0 Å². The fraction of sp³-hybridized carbons (Fsp3) is 0.286. The molecule has 0 heterocycles. The van der Waals surface area contributed by atoms with E-state index in [1.807, 2.05) is 32.9 Å². The van der Waals surface area contributed by atoms with Crippen molar-refractivity contribution in [3.05, 3.63) is 69.8 Å². The van der Waals surface area contributed by atoms with Crippen LogP contribution in [0.15, 0.2) is 36.4 Å². The van der Waals surface area contributed by atoms with E-state index in [0.717, 1.165) is 22.3 Å². The molecule has 0 atom stereocenters. The smallest absolute Gasteiger partial charge is 0.338 e. The van der Waals surface area contributed by atoms with Crippen LogP contribution < -0.4 is 5.32 Å². The van der Waals surface area contributed by atoms with Crippen molar-refractivity contribution in [2.24, 2.45) is 0 Å². The maximum Gasteiger partial charge on any atom is 0.338 e. The van der Waals surface area contributed by atoms with Gasteiger partial charge in [0.25, 0.3) is 0 Å². The average molecular weight is 353 g/mol. The third kappa shape index (κ3) is 5.02. The molecule has 5 heteroatoms. The van der Waals surface area contributed by atoms with Crippen molar-refractivity contribution in [1.29, 1.82) is 0 Å². The van der Waals surface area contributed by atoms with E-state index in [-0.39, 0.29) is 18.3 Å². The number of amides is 1. The SMILES string of the molecule is CC(=O)NCc1ccc(C(=O)OCC(=O)c2cc(C)c(C)cc2C)cc1. The van der Waals surface area contributed by atoms with E-state index in [9.17, 15) is 14.4 Å². The second-order valence-corrected chi connectivity index (χ2v) is 6.36. The van der Waals surface area contributed by atoms with Gasteiger partial charge in [-0.1, -0.05) is 18.2 Å². The minimum absolute atomic E-state index is 0.117. The Hall–Kier alpha value is -2.95. The first-order chi connectivity index (χ1) is 12.3. The third-order valence-electron chi connectivity index (χ3n) is 4.21. The molecule has 0 aliphatic heterocycles. The minimum atomic E-state index is -0.550. The first-order valence-corrected chi connectivity index (χ1v) is 8.39. The van der Waals surface area contributed by atoms with Gasteiger partial charge in [-0.3, -0.25) is 9.59 Å². The summed E-state index contributed by atoms with van der Waals surface area (Å²) in [5.74, 6) is -0.888. The van der Waals surface area contributed by atoms with Crippen LogP contribution >= 0.6 is 0 Å². The number of hydrogen-bond donors (Lipinski definition) is 1. The van der Waals surface area contributed by atoms with E-state index in [4.69, 9.17) is 4.74 Å². The number of esters is 1. The Morgan fingerprint density at radius 3 is 2.15 bits per heavy atom. The van der Waals surface area contributed by atoms with Gasteiger partial charge in [-0.05, 0) is 61.2 Å². The molecular formula is C21H23NO4. The summed E-state index contributed by atoms with van der Waals surface area (Å²) in [4.78, 5) is 35.4. The Morgan fingerprint density at radius 2 is 1.54 bits per heavy atom. The van der Waals surface area contributed by atoms with Gasteiger partial charge in [0.2, 0.25) is 11.7 Å². The Bertz CT molecular complexity index is 838. The molecule has 5 nitrogen and oxygen atoms in total. The van der Waals surface area contributed by atoms with Gasteiger partial charge in [0.15, 0.2) is 6.61 Å². The van der Waals surface area contributed by atoms with E-state index in [0.29, 0.717) is 17.7 Å². The summed E-state index contributed by atoms with van der Waals surface area (Å²) in [6.45, 7) is 7.35. The largest absolute Gasteiger partial charge is 0.454 e. The molecule has 136 valence electrons. The van der Waals surface area contributed by atoms with Gasteiger partial charge in [0, 0.05) is 19.0 Å². The summed E-state index contributed by atoms with van der Waals surface area (Å²) in [6.07, 6.45) is 0. The molecule has 2 aromatic carbocycles. The van der Waals surface area contributed by atoms with E-state index >= 15 is 0 Å². The predicted molar refractivity (Wildman–Crippen MR) is 99.2 cm³/mol. The maximum absolute atomic E-state index is 12.4. The van der Waals surface area contributed by atoms with Crippen LogP contribution in [0.25, 0.3) is 0 Å². The number of benzene rings is 2. The molecule has 1 N–H and O–H groups in total. The standard InChI is InChI=1S/C21H23NO4/c1-13-9-15(3)19(10-14(13)2)20(24)12-26-21(25)18-7-5-17(6-8-18)11-22-16(4)23/h5-10H,11-12H2,1-4H3,(H,22,23). The lowest BCUT2D eigenvalue weighted by Gasteiger charge is -2.10. The van der Waals surface area contributed by atoms with Gasteiger partial charge in [0.1, 0.15) is 0 Å². The highest BCUT2D eigenvalue weighted by molar-refractivity contribution is 6.00. The molecule has 0 aromatic heterocycles. The molecule has 0 spiro atoms. The van der Waals surface area contributed by atoms with Crippen molar-refractivity contribution >= 4 is 17.7 Å². The van der Waals surface area contributed by atoms with E-state index in [1.165, 1.54) is 6.92 Å². The number of carbonyl (C=O) groups is 3. The van der Waals surface area contributed by atoms with Crippen LogP contribution in [0.5, 0.6) is 0 Å². The Labute approximate surface area is 153 Å². The summed E-state index contributed by atoms with van der Waals surface area (Å²) < 4.78 is 5.15. The third-order valence-corrected chi connectivity index (χ3v) is 4.21. The fourth-order valence-corrected chi connectivity index (χ4v) is 2.54. The highest BCUT2D eigenvalue weighted by Gasteiger charge is 2.14. The van der Waals surface area contributed by atoms with Crippen LogP contribution in [0, 0.1) is 20.8 Å². The zero-order valence-electron chi connectivity index (χ0n) is 15.5. The molecular weight excluding hydrogens is 330 g/mol. The Balaban J connectivity index is 1.97. The van der Waals surface area contributed by atoms with Crippen LogP contribution in [-0.4, -0.2) is 24.3 Å². The zero-order valence-corrected chi connectivity index (χ0v) is 15.5. The molecule has 0 radical (unpaired) electrons. The molecule has 0 aliphatic carbocycles. The number of Topliss-reactive ketones (excluding diaryl/α,β-unsaturated/α-hetero) is 1. The number of ether oxygens (including phenoxy) is 1. The number of rotatable bonds is 6. The van der Waals surface area contributed by atoms with Gasteiger partial charge in [0.05, 0.1) is 5.56 Å². The molecule has 2 rings (SSSR count). The summed E-state index contributed by atoms with van der Waals surface area (Å²) >= 11 is 0. The Kier molecular flexibility index (Phi) is 6.28. The van der Waals surface area contributed by atoms with Crippen LogP contribution in [0.1, 0.15) is 49.9 Å². The summed E-state index contributed by atoms with van der Waals surface area (Å²) in [7, 11) is 0. The quantitative estimate of drug-likeness (QED) is 0.639. The van der Waals surface area contributed by atoms with E-state index < -0.39 is 5.97 Å². The van der Waals surface area contributed by atoms with Crippen molar-refractivity contribution < 1.29 is 19.1 Å². The van der Waals surface area contributed by atoms with Crippen LogP contribution in [0.2, 0.25) is 0 Å². The minimum Gasteiger partial charge on any atom is -0.454 e. The topological polar surface area (TPSA) is 72.5 Å². The average Bonchev–Trinajstić information content (AvgIpc) is 2.61. The molecule has 1 amide bonds. The van der Waals surface area contributed by atoms with Crippen molar-refractivity contribution in [1.82, 2.24) is 5.32 Å². The van der Waals surface area contributed by atoms with Crippen molar-refractivity contribution in [3.63, 3.8) is 0 Å². The zero-order chi connectivity index (χ0) is 19.3. The van der Waals surface area contributed by atoms with Gasteiger partial charge >= 0.3 is 5.97 Å². The second kappa shape index (κ2) is 8.43. The molecule has 0 aliphatic rings. The lowest BCUT2D eigenvalue weighted by Crippen LogP contribution is -2.19. The highest BCUT2D eigenvalue weighted by atomic mass is 16.5. The van der Waals surface area contributed by atoms with E-state index in [1.54, 1.807) is 24.3 Å². The van der Waals surface area contributed by atoms with Crippen LogP contribution in [0.3, 0.4) is 0 Å². The second-order valence-electron chi connectivity index (χ2n) is 6.36. The summed E-state index contributed by atoms with van der Waals surface area (Å²) in [5, 5.41) is 2.68. The molecule has 2 aromatic rings. The number of hydrogen-bond acceptors (Lipinski definition) is 4. The molecule has 0 saturated heterocycles. The lowest BCUT2D eigenvalue weighted by atomic mass is 9.98. The highest BCUT2D eigenvalue weighted by Crippen LogP contribution is 2.16. The van der Waals surface area contributed by atoms with Crippen LogP contribution in [0.4, 0.5) is 0 Å². The summed E-state index contributed by atoms with van der Waals surface area (Å²) in [5.41, 5.74) is 4.83. The number of carbonyl (C=O) groups excluding carboxylic acids is 3. The van der Waals surface area contributed by atoms with Gasteiger partial charge < -0.3 is 10.1 Å². The molecule has 26 heavy (non-hydrogen) atoms. The van der Waals surface area contributed by atoms with Gasteiger partial charge in [-0.25, -0.2) is 4.79 Å². The fourth-order valence-electron chi connectivity index (χ4n) is 2.54. The lowest BCUT2D eigenvalue weighted by molar-refractivity contribution is -0.119. The summed E-state index contributed by atoms with van der Waals surface area (Å²) in [6, 6.07) is 10.5. The normalized spacial score (nSPS) is 10.3. The molecule has 0 unspecified atom stereocenters. The van der Waals surface area contributed by atoms with Gasteiger partial charge in [-0.2, -0.15) is 0 Å². The maximum atomic E-state index is 12.4. The van der Waals surface area contributed by atoms with Crippen LogP contribution in [-0.2, 0) is 16.1 Å². The van der Waals surface area contributed by atoms with Crippen molar-refractivity contribution in [2.45, 2.75) is 34.2 Å². The first-order valence-electron chi connectivity index (χ1n) is 8.39. The number of ketones is 1. The number of nitrogens with one attached hydrogen (secondary N) is 1.